The zero-order chi connectivity index (χ0) is 17.7. The Morgan fingerprint density at radius 1 is 1.42 bits per heavy atom. The van der Waals surface area contributed by atoms with Crippen molar-refractivity contribution in [3.63, 3.8) is 0 Å². The number of alkyl halides is 3. The monoisotopic (exact) mass is 346 g/mol. The van der Waals surface area contributed by atoms with Crippen LogP contribution in [0.5, 0.6) is 5.75 Å². The molecule has 0 aliphatic carbocycles. The number of aliphatic hydroxyl groups excluding tert-OH is 1. The van der Waals surface area contributed by atoms with E-state index in [4.69, 9.17) is 9.84 Å². The van der Waals surface area contributed by atoms with Crippen molar-refractivity contribution in [2.45, 2.75) is 31.2 Å². The molecule has 1 aliphatic rings. The standard InChI is InChI=1S/C16H21F3N2O3/c1-24-13-4-2-3-11(9-13)15(23)20-12-5-7-21(8-6-12)10-14(22)16(17,18)19/h2-4,9,12,14,22H,5-8,10H2,1H3,(H,20,23)/t14-/m0/s1. The van der Waals surface area contributed by atoms with Gasteiger partial charge in [-0.25, -0.2) is 0 Å². The summed E-state index contributed by atoms with van der Waals surface area (Å²) in [4.78, 5) is 13.8. The Balaban J connectivity index is 1.81. The molecule has 0 aromatic heterocycles. The summed E-state index contributed by atoms with van der Waals surface area (Å²) in [7, 11) is 1.52. The number of β-amino-alcohol motifs (C(OH)–C–C–N with tert-alkyl or cyclic N) is 1. The Morgan fingerprint density at radius 3 is 2.67 bits per heavy atom. The minimum absolute atomic E-state index is 0.0945. The van der Waals surface area contributed by atoms with Crippen molar-refractivity contribution in [1.82, 2.24) is 10.2 Å². The lowest BCUT2D eigenvalue weighted by Crippen LogP contribution is -2.48. The van der Waals surface area contributed by atoms with Crippen molar-refractivity contribution in [1.29, 1.82) is 0 Å². The van der Waals surface area contributed by atoms with Gasteiger partial charge in [-0.1, -0.05) is 6.07 Å². The topological polar surface area (TPSA) is 61.8 Å². The Hall–Kier alpha value is -1.80. The second kappa shape index (κ2) is 7.85. The molecular formula is C16H21F3N2O3. The lowest BCUT2D eigenvalue weighted by atomic mass is 10.0. The van der Waals surface area contributed by atoms with Gasteiger partial charge in [0.25, 0.3) is 5.91 Å². The number of aliphatic hydroxyl groups is 1. The minimum atomic E-state index is -4.60. The molecule has 1 fully saturated rings. The molecule has 8 heteroatoms. The fourth-order valence-electron chi connectivity index (χ4n) is 2.64. The lowest BCUT2D eigenvalue weighted by Gasteiger charge is -2.33. The van der Waals surface area contributed by atoms with Gasteiger partial charge in [0.05, 0.1) is 7.11 Å². The molecule has 1 amide bonds. The first kappa shape index (κ1) is 18.5. The Kier molecular flexibility index (Phi) is 6.06. The van der Waals surface area contributed by atoms with Gasteiger partial charge >= 0.3 is 6.18 Å². The second-order valence-corrected chi connectivity index (χ2v) is 5.84. The van der Waals surface area contributed by atoms with Crippen LogP contribution in [0, 0.1) is 0 Å². The average molecular weight is 346 g/mol. The number of nitrogens with zero attached hydrogens (tertiary/aromatic N) is 1. The van der Waals surface area contributed by atoms with Gasteiger partial charge in [0.2, 0.25) is 0 Å². The number of rotatable bonds is 5. The zero-order valence-electron chi connectivity index (χ0n) is 13.3. The van der Waals surface area contributed by atoms with Gasteiger partial charge in [0.1, 0.15) is 5.75 Å². The smallest absolute Gasteiger partial charge is 0.415 e. The van der Waals surface area contributed by atoms with Crippen LogP contribution in [0.4, 0.5) is 13.2 Å². The number of carbonyl (C=O) groups is 1. The van der Waals surface area contributed by atoms with Crippen LogP contribution in [0.2, 0.25) is 0 Å². The number of hydrogen-bond donors (Lipinski definition) is 2. The summed E-state index contributed by atoms with van der Waals surface area (Å²) in [5.41, 5.74) is 0.476. The van der Waals surface area contributed by atoms with Gasteiger partial charge in [-0.15, -0.1) is 0 Å². The zero-order valence-corrected chi connectivity index (χ0v) is 13.3. The summed E-state index contributed by atoms with van der Waals surface area (Å²) < 4.78 is 42.1. The maximum absolute atomic E-state index is 12.4. The van der Waals surface area contributed by atoms with E-state index in [1.165, 1.54) is 7.11 Å². The number of halogens is 3. The molecule has 0 bridgehead atoms. The first-order chi connectivity index (χ1) is 11.3. The van der Waals surface area contributed by atoms with E-state index in [-0.39, 0.29) is 11.9 Å². The van der Waals surface area contributed by atoms with Crippen molar-refractivity contribution in [3.05, 3.63) is 29.8 Å². The molecule has 0 radical (unpaired) electrons. The Morgan fingerprint density at radius 2 is 2.08 bits per heavy atom. The van der Waals surface area contributed by atoms with Crippen LogP contribution >= 0.6 is 0 Å². The maximum Gasteiger partial charge on any atom is 0.415 e. The van der Waals surface area contributed by atoms with E-state index < -0.39 is 18.8 Å². The highest BCUT2D eigenvalue weighted by Crippen LogP contribution is 2.22. The molecule has 134 valence electrons. The van der Waals surface area contributed by atoms with E-state index in [9.17, 15) is 18.0 Å². The number of nitrogens with one attached hydrogen (secondary N) is 1. The molecule has 1 saturated heterocycles. The second-order valence-electron chi connectivity index (χ2n) is 5.84. The van der Waals surface area contributed by atoms with E-state index in [0.717, 1.165) is 0 Å². The predicted octanol–water partition coefficient (Wildman–Crippen LogP) is 1.81. The third-order valence-electron chi connectivity index (χ3n) is 4.06. The molecule has 1 heterocycles. The molecule has 1 atom stereocenters. The summed E-state index contributed by atoms with van der Waals surface area (Å²) in [5.74, 6) is 0.348. The predicted molar refractivity (Wildman–Crippen MR) is 82.0 cm³/mol. The van der Waals surface area contributed by atoms with E-state index in [1.54, 1.807) is 29.2 Å². The lowest BCUT2D eigenvalue weighted by molar-refractivity contribution is -0.208. The summed E-state index contributed by atoms with van der Waals surface area (Å²) in [6.45, 7) is 0.368. The third-order valence-corrected chi connectivity index (χ3v) is 4.06. The van der Waals surface area contributed by atoms with Gasteiger partial charge in [0.15, 0.2) is 6.10 Å². The largest absolute Gasteiger partial charge is 0.497 e. The normalized spacial score (nSPS) is 18.2. The van der Waals surface area contributed by atoms with Crippen LogP contribution in [0.15, 0.2) is 24.3 Å². The molecule has 0 unspecified atom stereocenters. The maximum atomic E-state index is 12.4. The van der Waals surface area contributed by atoms with Gasteiger partial charge in [-0.2, -0.15) is 13.2 Å². The van der Waals surface area contributed by atoms with Crippen LogP contribution in [0.1, 0.15) is 23.2 Å². The van der Waals surface area contributed by atoms with Crippen molar-refractivity contribution in [3.8, 4) is 5.75 Å². The summed E-state index contributed by atoms with van der Waals surface area (Å²) in [5, 5.41) is 12.0. The van der Waals surface area contributed by atoms with Crippen molar-refractivity contribution >= 4 is 5.91 Å². The van der Waals surface area contributed by atoms with E-state index >= 15 is 0 Å². The molecule has 2 N–H and O–H groups in total. The number of likely N-dealkylation sites (tertiary alicyclic amines) is 1. The SMILES string of the molecule is COc1cccc(C(=O)NC2CCN(C[C@H](O)C(F)(F)F)CC2)c1. The highest BCUT2D eigenvalue weighted by Gasteiger charge is 2.39. The average Bonchev–Trinajstić information content (AvgIpc) is 2.55. The van der Waals surface area contributed by atoms with E-state index in [1.807, 2.05) is 0 Å². The Labute approximate surface area is 138 Å². The number of hydrogen-bond acceptors (Lipinski definition) is 4. The van der Waals surface area contributed by atoms with Gasteiger partial charge in [-0.05, 0) is 31.0 Å². The minimum Gasteiger partial charge on any atom is -0.497 e. The summed E-state index contributed by atoms with van der Waals surface area (Å²) >= 11 is 0. The number of methoxy groups -OCH3 is 1. The fraction of sp³-hybridized carbons (Fsp3) is 0.562. The number of benzene rings is 1. The van der Waals surface area contributed by atoms with Crippen molar-refractivity contribution in [2.75, 3.05) is 26.7 Å². The van der Waals surface area contributed by atoms with E-state index in [2.05, 4.69) is 5.32 Å². The molecule has 1 aliphatic heterocycles. The summed E-state index contributed by atoms with van der Waals surface area (Å²) in [6.07, 6.45) is -5.85. The third kappa shape index (κ3) is 5.10. The van der Waals surface area contributed by atoms with Gasteiger partial charge in [-0.3, -0.25) is 4.79 Å². The molecule has 0 spiro atoms. The van der Waals surface area contributed by atoms with Crippen molar-refractivity contribution in [2.24, 2.45) is 0 Å². The van der Waals surface area contributed by atoms with Crippen molar-refractivity contribution < 1.29 is 27.8 Å². The van der Waals surface area contributed by atoms with Crippen LogP contribution in [0.3, 0.4) is 0 Å². The molecule has 24 heavy (non-hydrogen) atoms. The van der Waals surface area contributed by atoms with Gasteiger partial charge < -0.3 is 20.1 Å². The number of amides is 1. The highest BCUT2D eigenvalue weighted by atomic mass is 19.4. The van der Waals surface area contributed by atoms with Gasteiger partial charge in [0, 0.05) is 31.2 Å². The first-order valence-electron chi connectivity index (χ1n) is 7.71. The molecular weight excluding hydrogens is 325 g/mol. The summed E-state index contributed by atoms with van der Waals surface area (Å²) in [6, 6.07) is 6.66. The Bertz CT molecular complexity index is 558. The van der Waals surface area contributed by atoms with Crippen LogP contribution in [-0.4, -0.2) is 61.0 Å². The molecule has 2 rings (SSSR count). The van der Waals surface area contributed by atoms with E-state index in [0.29, 0.717) is 37.2 Å². The molecule has 1 aromatic rings. The van der Waals surface area contributed by atoms with Crippen LogP contribution < -0.4 is 10.1 Å². The number of carbonyl (C=O) groups excluding carboxylic acids is 1. The van der Waals surface area contributed by atoms with Crippen LogP contribution in [0.25, 0.3) is 0 Å². The molecule has 0 saturated carbocycles. The highest BCUT2D eigenvalue weighted by molar-refractivity contribution is 5.94. The number of piperidine rings is 1. The molecule has 5 nitrogen and oxygen atoms in total. The van der Waals surface area contributed by atoms with Crippen LogP contribution in [-0.2, 0) is 0 Å². The molecule has 1 aromatic carbocycles. The first-order valence-corrected chi connectivity index (χ1v) is 7.71. The number of ether oxygens (including phenoxy) is 1. The quantitative estimate of drug-likeness (QED) is 0.854. The fourth-order valence-corrected chi connectivity index (χ4v) is 2.64.